The molecule has 5 fully saturated rings. The summed E-state index contributed by atoms with van der Waals surface area (Å²) in [7, 11) is 0. The molecule has 3 unspecified atom stereocenters. The van der Waals surface area contributed by atoms with Gasteiger partial charge in [0.05, 0.1) is 12.2 Å². The van der Waals surface area contributed by atoms with Crippen molar-refractivity contribution in [3.63, 3.8) is 0 Å². The number of fused-ring (bicyclic) bond motifs is 3. The Labute approximate surface area is 160 Å². The Bertz CT molecular complexity index is 575. The first-order chi connectivity index (χ1) is 12.4. The van der Waals surface area contributed by atoms with Crippen molar-refractivity contribution in [1.82, 2.24) is 0 Å². The van der Waals surface area contributed by atoms with Crippen LogP contribution in [0.2, 0.25) is 0 Å². The zero-order valence-electron chi connectivity index (χ0n) is 17.5. The minimum absolute atomic E-state index is 0.0576. The minimum atomic E-state index is -0.0576. The van der Waals surface area contributed by atoms with Crippen LogP contribution in [-0.2, 0) is 4.74 Å². The van der Waals surface area contributed by atoms with E-state index >= 15 is 0 Å². The first kappa shape index (κ1) is 18.0. The van der Waals surface area contributed by atoms with Crippen molar-refractivity contribution in [3.05, 3.63) is 0 Å². The highest BCUT2D eigenvalue weighted by Gasteiger charge is 2.79. The Morgan fingerprint density at radius 2 is 1.85 bits per heavy atom. The molecule has 26 heavy (non-hydrogen) atoms. The summed E-state index contributed by atoms with van der Waals surface area (Å²) in [5.74, 6) is 4.15. The second-order valence-corrected chi connectivity index (χ2v) is 11.4. The van der Waals surface area contributed by atoms with Gasteiger partial charge in [-0.15, -0.1) is 0 Å². The summed E-state index contributed by atoms with van der Waals surface area (Å²) in [6, 6.07) is 0. The highest BCUT2D eigenvalue weighted by molar-refractivity contribution is 5.27. The molecule has 0 aromatic carbocycles. The van der Waals surface area contributed by atoms with Crippen LogP contribution in [-0.4, -0.2) is 22.9 Å². The zero-order chi connectivity index (χ0) is 18.3. The third kappa shape index (κ3) is 2.07. The van der Waals surface area contributed by atoms with E-state index in [1.54, 1.807) is 0 Å². The Balaban J connectivity index is 1.46. The molecule has 1 spiro atoms. The van der Waals surface area contributed by atoms with Crippen LogP contribution in [0.1, 0.15) is 91.9 Å². The van der Waals surface area contributed by atoms with Crippen molar-refractivity contribution in [1.29, 1.82) is 0 Å². The zero-order valence-corrected chi connectivity index (χ0v) is 17.5. The van der Waals surface area contributed by atoms with E-state index in [0.717, 1.165) is 36.5 Å². The first-order valence-electron chi connectivity index (χ1n) is 11.7. The molecule has 5 aliphatic rings. The molecule has 0 aromatic rings. The molecule has 0 aromatic heterocycles. The van der Waals surface area contributed by atoms with Crippen LogP contribution >= 0.6 is 0 Å². The van der Waals surface area contributed by atoms with Crippen LogP contribution in [0.4, 0.5) is 0 Å². The lowest BCUT2D eigenvalue weighted by molar-refractivity contribution is -0.120. The van der Waals surface area contributed by atoms with Gasteiger partial charge in [-0.25, -0.2) is 0 Å². The summed E-state index contributed by atoms with van der Waals surface area (Å²) in [6.45, 7) is 10.1. The molecule has 1 aliphatic heterocycles. The SMILES string of the molecule is CCC[C@@H](C)C1CCC2C3CC[C@@H]4C[C@H](O)CC[C@]4(C)[C@]34O[C@@H]4C[C@@]21C. The van der Waals surface area contributed by atoms with Crippen LogP contribution in [0.25, 0.3) is 0 Å². The number of ether oxygens (including phenoxy) is 1. The maximum atomic E-state index is 10.3. The standard InChI is InChI=1S/C24H40O2/c1-5-6-15(2)18-9-10-19-20-8-7-16-13-17(25)11-12-23(16,4)24(20)21(26-24)14-22(18,19)3/h15-21,25H,5-14H2,1-4H3/t15-,16-,17-,18?,19?,20?,21-,22-,23+,24+/m1/s1. The van der Waals surface area contributed by atoms with Gasteiger partial charge in [-0.3, -0.25) is 0 Å². The van der Waals surface area contributed by atoms with E-state index in [2.05, 4.69) is 27.7 Å². The van der Waals surface area contributed by atoms with Crippen molar-refractivity contribution in [3.8, 4) is 0 Å². The Kier molecular flexibility index (Phi) is 3.96. The molecular formula is C24H40O2. The average molecular weight is 361 g/mol. The summed E-state index contributed by atoms with van der Waals surface area (Å²) in [5.41, 5.74) is 1.03. The molecule has 0 amide bonds. The van der Waals surface area contributed by atoms with Gasteiger partial charge >= 0.3 is 0 Å². The molecule has 2 nitrogen and oxygen atoms in total. The van der Waals surface area contributed by atoms with E-state index < -0.39 is 0 Å². The predicted molar refractivity (Wildman–Crippen MR) is 105 cm³/mol. The van der Waals surface area contributed by atoms with Crippen LogP contribution in [0, 0.1) is 40.4 Å². The molecule has 10 atom stereocenters. The number of aliphatic hydroxyl groups excluding tert-OH is 1. The van der Waals surface area contributed by atoms with Crippen molar-refractivity contribution < 1.29 is 9.84 Å². The van der Waals surface area contributed by atoms with E-state index in [4.69, 9.17) is 4.74 Å². The summed E-state index contributed by atoms with van der Waals surface area (Å²) in [5, 5.41) is 10.3. The van der Waals surface area contributed by atoms with E-state index in [0.29, 0.717) is 22.9 Å². The molecule has 4 saturated carbocycles. The maximum absolute atomic E-state index is 10.3. The summed E-state index contributed by atoms with van der Waals surface area (Å²) in [4.78, 5) is 0. The van der Waals surface area contributed by atoms with Crippen molar-refractivity contribution in [2.75, 3.05) is 0 Å². The maximum Gasteiger partial charge on any atom is 0.103 e. The topological polar surface area (TPSA) is 32.8 Å². The second-order valence-electron chi connectivity index (χ2n) is 11.4. The third-order valence-corrected chi connectivity index (χ3v) is 10.5. The molecule has 1 heterocycles. The molecule has 5 rings (SSSR count). The van der Waals surface area contributed by atoms with Gasteiger partial charge in [0.15, 0.2) is 0 Å². The fourth-order valence-electron chi connectivity index (χ4n) is 9.32. The van der Waals surface area contributed by atoms with Gasteiger partial charge in [0.1, 0.15) is 5.60 Å². The molecular weight excluding hydrogens is 320 g/mol. The van der Waals surface area contributed by atoms with E-state index in [9.17, 15) is 5.11 Å². The Morgan fingerprint density at radius 1 is 1.08 bits per heavy atom. The van der Waals surface area contributed by atoms with Gasteiger partial charge in [-0.2, -0.15) is 0 Å². The summed E-state index contributed by atoms with van der Waals surface area (Å²) in [6.07, 6.45) is 13.3. The first-order valence-corrected chi connectivity index (χ1v) is 11.7. The molecule has 0 bridgehead atoms. The lowest BCUT2D eigenvalue weighted by atomic mass is 9.44. The number of epoxide rings is 1. The average Bonchev–Trinajstić information content (AvgIpc) is 3.20. The molecule has 0 radical (unpaired) electrons. The van der Waals surface area contributed by atoms with Gasteiger partial charge in [0.2, 0.25) is 0 Å². The van der Waals surface area contributed by atoms with Gasteiger partial charge in [-0.05, 0) is 86.4 Å². The molecule has 4 aliphatic carbocycles. The molecule has 2 heteroatoms. The number of rotatable bonds is 3. The number of hydrogen-bond acceptors (Lipinski definition) is 2. The lowest BCUT2D eigenvalue weighted by Crippen LogP contribution is -2.60. The second kappa shape index (κ2) is 5.72. The van der Waals surface area contributed by atoms with Gasteiger partial charge in [0, 0.05) is 5.41 Å². The molecule has 148 valence electrons. The van der Waals surface area contributed by atoms with Crippen molar-refractivity contribution in [2.24, 2.45) is 40.4 Å². The largest absolute Gasteiger partial charge is 0.393 e. The highest BCUT2D eigenvalue weighted by Crippen LogP contribution is 2.76. The van der Waals surface area contributed by atoms with Crippen LogP contribution < -0.4 is 0 Å². The Hall–Kier alpha value is -0.0800. The summed E-state index contributed by atoms with van der Waals surface area (Å²) < 4.78 is 6.79. The third-order valence-electron chi connectivity index (χ3n) is 10.5. The molecule has 1 saturated heterocycles. The van der Waals surface area contributed by atoms with Gasteiger partial charge in [-0.1, -0.05) is 40.5 Å². The number of aliphatic hydroxyl groups is 1. The smallest absolute Gasteiger partial charge is 0.103 e. The van der Waals surface area contributed by atoms with Crippen molar-refractivity contribution >= 4 is 0 Å². The molecule has 1 N–H and O–H groups in total. The fraction of sp³-hybridized carbons (Fsp3) is 1.00. The van der Waals surface area contributed by atoms with Crippen LogP contribution in [0.5, 0.6) is 0 Å². The van der Waals surface area contributed by atoms with Crippen LogP contribution in [0.3, 0.4) is 0 Å². The fourth-order valence-corrected chi connectivity index (χ4v) is 9.32. The number of hydrogen-bond donors (Lipinski definition) is 1. The van der Waals surface area contributed by atoms with E-state index in [1.165, 1.54) is 51.4 Å². The van der Waals surface area contributed by atoms with Crippen LogP contribution in [0.15, 0.2) is 0 Å². The predicted octanol–water partition coefficient (Wildman–Crippen LogP) is 5.57. The Morgan fingerprint density at radius 3 is 2.62 bits per heavy atom. The van der Waals surface area contributed by atoms with Crippen molar-refractivity contribution in [2.45, 2.75) is 110 Å². The quantitative estimate of drug-likeness (QED) is 0.667. The summed E-state index contributed by atoms with van der Waals surface area (Å²) >= 11 is 0. The van der Waals surface area contributed by atoms with E-state index in [-0.39, 0.29) is 11.7 Å². The van der Waals surface area contributed by atoms with Gasteiger partial charge in [0.25, 0.3) is 0 Å². The highest BCUT2D eigenvalue weighted by atomic mass is 16.6. The monoisotopic (exact) mass is 360 g/mol. The lowest BCUT2D eigenvalue weighted by Gasteiger charge is -2.59. The normalized spacial score (nSPS) is 59.0. The minimum Gasteiger partial charge on any atom is -0.393 e. The van der Waals surface area contributed by atoms with E-state index in [1.807, 2.05) is 0 Å². The van der Waals surface area contributed by atoms with Gasteiger partial charge < -0.3 is 9.84 Å².